The highest BCUT2D eigenvalue weighted by Crippen LogP contribution is 2.53. The summed E-state index contributed by atoms with van der Waals surface area (Å²) in [4.78, 5) is 21.4. The van der Waals surface area contributed by atoms with Crippen LogP contribution < -0.4 is 0 Å². The standard InChI is InChI=1S/C82H46N6O2S/c1-83-64-47-63(82-85-80(51-27-12-5-13-28-51)84-81(86-82)60-33-20-32-59-56-31-16-19-36-71(56)91-79(59)60)75(87-65-41-37-52(48-21-6-2-7-22-48)45-61(65)73-67(87)43-39-57-54-29-14-17-34-69(54)89-77(57)73)76(72(64)50-25-10-4-11-26-50)88-66-42-38-53(49-23-8-3-9-24-49)46-62(66)74-68(88)44-40-58-55-30-15-18-35-70(55)90-78(58)74/h2-47H. The Morgan fingerprint density at radius 3 is 1.36 bits per heavy atom. The summed E-state index contributed by atoms with van der Waals surface area (Å²) >= 11 is 1.74. The van der Waals surface area contributed by atoms with E-state index in [2.05, 4.69) is 238 Å². The summed E-state index contributed by atoms with van der Waals surface area (Å²) in [5.74, 6) is 1.41. The van der Waals surface area contributed by atoms with Crippen LogP contribution in [0.15, 0.2) is 288 Å². The van der Waals surface area contributed by atoms with E-state index < -0.39 is 0 Å². The molecule has 0 N–H and O–H groups in total. The van der Waals surface area contributed by atoms with Crippen molar-refractivity contribution in [3.63, 3.8) is 0 Å². The minimum Gasteiger partial charge on any atom is -0.455 e. The molecule has 0 aliphatic heterocycles. The number of para-hydroxylation sites is 2. The van der Waals surface area contributed by atoms with Crippen molar-refractivity contribution in [2.24, 2.45) is 0 Å². The Hall–Kier alpha value is -12.2. The van der Waals surface area contributed by atoms with Crippen LogP contribution in [0.2, 0.25) is 0 Å². The zero-order valence-corrected chi connectivity index (χ0v) is 49.3. The van der Waals surface area contributed by atoms with Crippen molar-refractivity contribution in [2.75, 3.05) is 0 Å². The molecule has 0 fully saturated rings. The lowest BCUT2D eigenvalue weighted by molar-refractivity contribution is 0.672. The molecule has 6 aromatic heterocycles. The molecule has 422 valence electrons. The Balaban J connectivity index is 1.04. The third kappa shape index (κ3) is 7.70. The maximum Gasteiger partial charge on any atom is 0.197 e. The normalized spacial score (nSPS) is 11.9. The fourth-order valence-corrected chi connectivity index (χ4v) is 15.4. The summed E-state index contributed by atoms with van der Waals surface area (Å²) in [5.41, 5.74) is 16.9. The predicted octanol–water partition coefficient (Wildman–Crippen LogP) is 22.8. The molecule has 19 rings (SSSR count). The van der Waals surface area contributed by atoms with Crippen molar-refractivity contribution in [1.29, 1.82) is 0 Å². The molecule has 9 heteroatoms. The summed E-state index contributed by atoms with van der Waals surface area (Å²) < 4.78 is 21.3. The molecule has 13 aromatic carbocycles. The van der Waals surface area contributed by atoms with Crippen molar-refractivity contribution in [2.45, 2.75) is 0 Å². The Morgan fingerprint density at radius 2 is 0.791 bits per heavy atom. The molecule has 0 aliphatic carbocycles. The molecule has 8 nitrogen and oxygen atoms in total. The highest BCUT2D eigenvalue weighted by atomic mass is 32.1. The van der Waals surface area contributed by atoms with Gasteiger partial charge in [0.2, 0.25) is 0 Å². The van der Waals surface area contributed by atoms with E-state index in [1.54, 1.807) is 11.3 Å². The van der Waals surface area contributed by atoms with E-state index in [1.165, 1.54) is 10.1 Å². The van der Waals surface area contributed by atoms with Gasteiger partial charge in [-0.3, -0.25) is 0 Å². The number of rotatable bonds is 8. The molecule has 0 spiro atoms. The van der Waals surface area contributed by atoms with Gasteiger partial charge in [0.15, 0.2) is 23.2 Å². The molecule has 19 aromatic rings. The van der Waals surface area contributed by atoms with Crippen LogP contribution in [0.25, 0.3) is 191 Å². The predicted molar refractivity (Wildman–Crippen MR) is 375 cm³/mol. The summed E-state index contributed by atoms with van der Waals surface area (Å²) in [6.07, 6.45) is 0. The van der Waals surface area contributed by atoms with Crippen LogP contribution >= 0.6 is 11.3 Å². The van der Waals surface area contributed by atoms with Gasteiger partial charge < -0.3 is 18.0 Å². The molecular weight excluding hydrogens is 1130 g/mol. The first-order valence-electron chi connectivity index (χ1n) is 30.3. The monoisotopic (exact) mass is 1180 g/mol. The van der Waals surface area contributed by atoms with Crippen LogP contribution in [-0.4, -0.2) is 24.1 Å². The first kappa shape index (κ1) is 50.9. The minimum atomic E-state index is 0.398. The summed E-state index contributed by atoms with van der Waals surface area (Å²) in [6.45, 7) is 9.52. The van der Waals surface area contributed by atoms with Gasteiger partial charge in [-0.25, -0.2) is 19.8 Å². The Morgan fingerprint density at radius 1 is 0.330 bits per heavy atom. The zero-order chi connectivity index (χ0) is 59.8. The van der Waals surface area contributed by atoms with E-state index in [0.29, 0.717) is 28.7 Å². The third-order valence-electron chi connectivity index (χ3n) is 18.2. The number of fused-ring (bicyclic) bond motifs is 17. The van der Waals surface area contributed by atoms with E-state index in [0.717, 1.165) is 153 Å². The van der Waals surface area contributed by atoms with Crippen molar-refractivity contribution in [1.82, 2.24) is 24.1 Å². The quantitative estimate of drug-likeness (QED) is 0.142. The SMILES string of the molecule is [C-]#[N+]c1cc(-c2nc(-c3ccccc3)nc(-c3cccc4c3sc3ccccc34)n2)c(-n2c3ccc(-c4ccccc4)cc3c3c4oc5ccccc5c4ccc32)c(-n2c3ccc(-c4ccccc4)cc3c3c4oc5ccccc5c4ccc32)c1-c1ccccc1. The lowest BCUT2D eigenvalue weighted by atomic mass is 9.95. The molecule has 0 saturated heterocycles. The first-order valence-corrected chi connectivity index (χ1v) is 31.2. The number of benzene rings is 13. The average Bonchev–Trinajstić information content (AvgIpc) is 1.60. The molecule has 0 atom stereocenters. The maximum absolute atomic E-state index is 9.52. The van der Waals surface area contributed by atoms with Crippen molar-refractivity contribution < 1.29 is 8.83 Å². The Labute approximate surface area is 523 Å². The fourth-order valence-electron chi connectivity index (χ4n) is 14.2. The van der Waals surface area contributed by atoms with Crippen molar-refractivity contribution >= 4 is 125 Å². The van der Waals surface area contributed by atoms with E-state index in [-0.39, 0.29) is 0 Å². The number of nitrogens with zero attached hydrogens (tertiary/aromatic N) is 6. The van der Waals surface area contributed by atoms with E-state index >= 15 is 0 Å². The molecule has 6 heterocycles. The average molecular weight is 1180 g/mol. The smallest absolute Gasteiger partial charge is 0.197 e. The van der Waals surface area contributed by atoms with Gasteiger partial charge in [0.1, 0.15) is 22.3 Å². The molecule has 0 unspecified atom stereocenters. The summed E-state index contributed by atoms with van der Waals surface area (Å²) in [6, 6.07) is 97.6. The fraction of sp³-hybridized carbons (Fsp3) is 0. The van der Waals surface area contributed by atoms with Gasteiger partial charge in [-0.05, 0) is 107 Å². The van der Waals surface area contributed by atoms with Crippen LogP contribution in [0.5, 0.6) is 0 Å². The minimum absolute atomic E-state index is 0.398. The molecule has 0 amide bonds. The lowest BCUT2D eigenvalue weighted by Gasteiger charge is -2.25. The van der Waals surface area contributed by atoms with Gasteiger partial charge in [-0.15, -0.1) is 11.3 Å². The molecule has 91 heavy (non-hydrogen) atoms. The number of hydrogen-bond donors (Lipinski definition) is 0. The maximum atomic E-state index is 9.52. The van der Waals surface area contributed by atoms with Crippen LogP contribution in [0.1, 0.15) is 0 Å². The Bertz CT molecular complexity index is 6270. The third-order valence-corrected chi connectivity index (χ3v) is 19.4. The molecule has 0 saturated carbocycles. The van der Waals surface area contributed by atoms with Crippen molar-refractivity contribution in [3.05, 3.63) is 290 Å². The molecular formula is C82H46N6O2S. The lowest BCUT2D eigenvalue weighted by Crippen LogP contribution is -2.10. The van der Waals surface area contributed by atoms with E-state index in [4.69, 9.17) is 23.8 Å². The molecule has 0 bridgehead atoms. The van der Waals surface area contributed by atoms with Gasteiger partial charge >= 0.3 is 0 Å². The van der Waals surface area contributed by atoms with Gasteiger partial charge in [-0.2, -0.15) is 0 Å². The second-order valence-electron chi connectivity index (χ2n) is 23.2. The topological polar surface area (TPSA) is 79.2 Å². The highest BCUT2D eigenvalue weighted by Gasteiger charge is 2.32. The molecule has 0 radical (unpaired) electrons. The van der Waals surface area contributed by atoms with Crippen LogP contribution in [0, 0.1) is 6.57 Å². The number of thiophene rings is 1. The van der Waals surface area contributed by atoms with Crippen LogP contribution in [-0.2, 0) is 0 Å². The zero-order valence-electron chi connectivity index (χ0n) is 48.5. The Kier molecular flexibility index (Phi) is 11.1. The van der Waals surface area contributed by atoms with E-state index in [1.807, 2.05) is 54.6 Å². The van der Waals surface area contributed by atoms with Crippen molar-refractivity contribution in [3.8, 4) is 78.9 Å². The largest absolute Gasteiger partial charge is 0.455 e. The second kappa shape index (κ2) is 19.9. The highest BCUT2D eigenvalue weighted by molar-refractivity contribution is 7.26. The number of furan rings is 2. The molecule has 0 aliphatic rings. The summed E-state index contributed by atoms with van der Waals surface area (Å²) in [5, 5.41) is 10.3. The second-order valence-corrected chi connectivity index (χ2v) is 24.2. The van der Waals surface area contributed by atoms with Gasteiger partial charge in [0.25, 0.3) is 0 Å². The van der Waals surface area contributed by atoms with Gasteiger partial charge in [-0.1, -0.05) is 200 Å². The number of hydrogen-bond acceptors (Lipinski definition) is 6. The number of aromatic nitrogens is 5. The van der Waals surface area contributed by atoms with E-state index in [9.17, 15) is 6.57 Å². The first-order chi connectivity index (χ1) is 45.1. The summed E-state index contributed by atoms with van der Waals surface area (Å²) in [7, 11) is 0. The van der Waals surface area contributed by atoms with Gasteiger partial charge in [0.05, 0.1) is 50.8 Å². The van der Waals surface area contributed by atoms with Crippen LogP contribution in [0.4, 0.5) is 5.69 Å². The van der Waals surface area contributed by atoms with Gasteiger partial charge in [0, 0.05) is 74.7 Å². The van der Waals surface area contributed by atoms with Crippen LogP contribution in [0.3, 0.4) is 0 Å².